The summed E-state index contributed by atoms with van der Waals surface area (Å²) in [7, 11) is -2.88. The fourth-order valence-electron chi connectivity index (χ4n) is 1.08. The van der Waals surface area contributed by atoms with Crippen LogP contribution in [0.4, 0.5) is 0 Å². The van der Waals surface area contributed by atoms with Crippen molar-refractivity contribution in [3.05, 3.63) is 0 Å². The van der Waals surface area contributed by atoms with Crippen LogP contribution in [0.1, 0.15) is 40.5 Å². The molecule has 0 aromatic rings. The van der Waals surface area contributed by atoms with Crippen LogP contribution in [0, 0.1) is 16.7 Å². The maximum Gasteiger partial charge on any atom is 0.152 e. The van der Waals surface area contributed by atoms with Gasteiger partial charge in [-0.05, 0) is 52.0 Å². The normalized spacial score (nSPS) is 12.7. The van der Waals surface area contributed by atoms with E-state index in [1.54, 1.807) is 25.6 Å². The van der Waals surface area contributed by atoms with E-state index in [0.29, 0.717) is 6.42 Å². The molecule has 0 aliphatic carbocycles. The van der Waals surface area contributed by atoms with Crippen molar-refractivity contribution in [2.75, 3.05) is 17.3 Å². The maximum absolute atomic E-state index is 11.5. The largest absolute Gasteiger partial charge is 0.229 e. The number of thioether (sulfide) groups is 1. The van der Waals surface area contributed by atoms with Crippen LogP contribution >= 0.6 is 11.8 Å². The van der Waals surface area contributed by atoms with Crippen LogP contribution in [0.5, 0.6) is 0 Å². The van der Waals surface area contributed by atoms with E-state index in [4.69, 9.17) is 5.26 Å². The zero-order chi connectivity index (χ0) is 13.5. The smallest absolute Gasteiger partial charge is 0.152 e. The Balaban J connectivity index is 3.66. The van der Waals surface area contributed by atoms with Gasteiger partial charge in [0, 0.05) is 0 Å². The zero-order valence-electron chi connectivity index (χ0n) is 11.2. The van der Waals surface area contributed by atoms with Gasteiger partial charge < -0.3 is 0 Å². The molecule has 17 heavy (non-hydrogen) atoms. The molecule has 0 radical (unpaired) electrons. The molecule has 100 valence electrons. The van der Waals surface area contributed by atoms with E-state index in [2.05, 4.69) is 6.07 Å². The van der Waals surface area contributed by atoms with Crippen LogP contribution in [0.25, 0.3) is 0 Å². The van der Waals surface area contributed by atoms with E-state index in [9.17, 15) is 8.42 Å². The van der Waals surface area contributed by atoms with E-state index in [1.165, 1.54) is 0 Å². The minimum absolute atomic E-state index is 0.267. The van der Waals surface area contributed by atoms with Gasteiger partial charge in [0.1, 0.15) is 0 Å². The summed E-state index contributed by atoms with van der Waals surface area (Å²) in [5.41, 5.74) is -0.267. The third-order valence-corrected chi connectivity index (χ3v) is 5.97. The molecular weight excluding hydrogens is 254 g/mol. The predicted molar refractivity (Wildman–Crippen MR) is 74.9 cm³/mol. The highest BCUT2D eigenvalue weighted by Gasteiger charge is 2.17. The van der Waals surface area contributed by atoms with Crippen molar-refractivity contribution in [1.82, 2.24) is 0 Å². The van der Waals surface area contributed by atoms with Gasteiger partial charge >= 0.3 is 0 Å². The zero-order valence-corrected chi connectivity index (χ0v) is 12.8. The van der Waals surface area contributed by atoms with Gasteiger partial charge in [0.05, 0.1) is 22.5 Å². The van der Waals surface area contributed by atoms with Gasteiger partial charge in [0.25, 0.3) is 0 Å². The van der Waals surface area contributed by atoms with Gasteiger partial charge in [0.15, 0.2) is 9.84 Å². The standard InChI is InChI=1S/C12H23NO2S2/c1-11(2)17(14,15)9-5-7-16-8-6-12(3,4)10-13/h11H,5-9H2,1-4H3. The molecule has 0 aromatic carbocycles. The molecule has 0 atom stereocenters. The highest BCUT2D eigenvalue weighted by molar-refractivity contribution is 7.99. The molecule has 0 N–H and O–H groups in total. The fourth-order valence-corrected chi connectivity index (χ4v) is 3.49. The monoisotopic (exact) mass is 277 g/mol. The van der Waals surface area contributed by atoms with E-state index >= 15 is 0 Å². The summed E-state index contributed by atoms with van der Waals surface area (Å²) < 4.78 is 23.0. The van der Waals surface area contributed by atoms with Crippen molar-refractivity contribution in [3.63, 3.8) is 0 Å². The van der Waals surface area contributed by atoms with E-state index in [-0.39, 0.29) is 16.4 Å². The number of rotatable bonds is 8. The fraction of sp³-hybridized carbons (Fsp3) is 0.917. The summed E-state index contributed by atoms with van der Waals surface area (Å²) in [5.74, 6) is 2.05. The average molecular weight is 277 g/mol. The van der Waals surface area contributed by atoms with Crippen LogP contribution in [-0.2, 0) is 9.84 Å². The molecule has 5 heteroatoms. The topological polar surface area (TPSA) is 57.9 Å². The van der Waals surface area contributed by atoms with Crippen molar-refractivity contribution < 1.29 is 8.42 Å². The van der Waals surface area contributed by atoms with Crippen molar-refractivity contribution >= 4 is 21.6 Å². The number of sulfone groups is 1. The molecule has 0 fully saturated rings. The van der Waals surface area contributed by atoms with Crippen molar-refractivity contribution in [3.8, 4) is 6.07 Å². The van der Waals surface area contributed by atoms with Gasteiger partial charge in [0.2, 0.25) is 0 Å². The minimum Gasteiger partial charge on any atom is -0.229 e. The highest BCUT2D eigenvalue weighted by Crippen LogP contribution is 2.21. The Labute approximate surface area is 110 Å². The van der Waals surface area contributed by atoms with E-state index < -0.39 is 9.84 Å². The summed E-state index contributed by atoms with van der Waals surface area (Å²) >= 11 is 1.73. The van der Waals surface area contributed by atoms with Crippen LogP contribution < -0.4 is 0 Å². The predicted octanol–water partition coefficient (Wildman–Crippen LogP) is 2.87. The molecule has 0 unspecified atom stereocenters. The second kappa shape index (κ2) is 7.27. The van der Waals surface area contributed by atoms with Crippen molar-refractivity contribution in [2.24, 2.45) is 5.41 Å². The highest BCUT2D eigenvalue weighted by atomic mass is 32.2. The Hall–Kier alpha value is -0.210. The van der Waals surface area contributed by atoms with E-state index in [1.807, 2.05) is 13.8 Å². The summed E-state index contributed by atoms with van der Waals surface area (Å²) in [6.45, 7) is 7.30. The van der Waals surface area contributed by atoms with Gasteiger partial charge in [-0.1, -0.05) is 0 Å². The summed E-state index contributed by atoms with van der Waals surface area (Å²) in [6.07, 6.45) is 1.56. The summed E-state index contributed by atoms with van der Waals surface area (Å²) in [4.78, 5) is 0. The minimum atomic E-state index is -2.88. The molecule has 0 saturated carbocycles. The van der Waals surface area contributed by atoms with Crippen LogP contribution in [0.3, 0.4) is 0 Å². The third-order valence-electron chi connectivity index (χ3n) is 2.61. The molecule has 0 heterocycles. The first-order valence-corrected chi connectivity index (χ1v) is 8.79. The first-order chi connectivity index (χ1) is 7.71. The Morgan fingerprint density at radius 1 is 1.29 bits per heavy atom. The molecule has 0 amide bonds. The lowest BCUT2D eigenvalue weighted by Gasteiger charge is -2.14. The second-order valence-corrected chi connectivity index (χ2v) is 9.03. The SMILES string of the molecule is CC(C)S(=O)(=O)CCCSCCC(C)(C)C#N. The van der Waals surface area contributed by atoms with Gasteiger partial charge in [-0.3, -0.25) is 0 Å². The molecule has 0 bridgehead atoms. The summed E-state index contributed by atoms with van der Waals surface area (Å²) in [5, 5.41) is 8.55. The lowest BCUT2D eigenvalue weighted by molar-refractivity contribution is 0.482. The molecule has 3 nitrogen and oxygen atoms in total. The molecule has 0 aliphatic rings. The number of nitriles is 1. The van der Waals surface area contributed by atoms with Crippen LogP contribution in [-0.4, -0.2) is 30.9 Å². The Morgan fingerprint density at radius 2 is 1.88 bits per heavy atom. The summed E-state index contributed by atoms with van der Waals surface area (Å²) in [6, 6.07) is 2.26. The Kier molecular flexibility index (Phi) is 7.18. The molecule has 0 spiro atoms. The van der Waals surface area contributed by atoms with Gasteiger partial charge in [-0.25, -0.2) is 8.42 Å². The van der Waals surface area contributed by atoms with Crippen LogP contribution in [0.2, 0.25) is 0 Å². The molecular formula is C12H23NO2S2. The Bertz CT molecular complexity index is 353. The average Bonchev–Trinajstić information content (AvgIpc) is 2.23. The molecule has 0 rings (SSSR count). The second-order valence-electron chi connectivity index (χ2n) is 5.13. The quantitative estimate of drug-likeness (QED) is 0.640. The molecule has 0 saturated heterocycles. The number of nitrogens with zero attached hydrogens (tertiary/aromatic N) is 1. The van der Waals surface area contributed by atoms with Gasteiger partial charge in [-0.2, -0.15) is 17.0 Å². The van der Waals surface area contributed by atoms with Crippen LogP contribution in [0.15, 0.2) is 0 Å². The van der Waals surface area contributed by atoms with E-state index in [0.717, 1.165) is 17.9 Å². The first-order valence-electron chi connectivity index (χ1n) is 5.92. The Morgan fingerprint density at radius 3 is 2.35 bits per heavy atom. The third kappa shape index (κ3) is 7.67. The van der Waals surface area contributed by atoms with Crippen molar-refractivity contribution in [2.45, 2.75) is 45.8 Å². The lowest BCUT2D eigenvalue weighted by Crippen LogP contribution is -2.18. The first kappa shape index (κ1) is 16.8. The maximum atomic E-state index is 11.5. The van der Waals surface area contributed by atoms with Gasteiger partial charge in [-0.15, -0.1) is 0 Å². The molecule has 0 aromatic heterocycles. The number of hydrogen-bond donors (Lipinski definition) is 0. The van der Waals surface area contributed by atoms with Crippen molar-refractivity contribution in [1.29, 1.82) is 5.26 Å². The lowest BCUT2D eigenvalue weighted by atomic mass is 9.93. The molecule has 0 aliphatic heterocycles. The number of hydrogen-bond acceptors (Lipinski definition) is 4.